The Balaban J connectivity index is 1.23. The largest absolute Gasteiger partial charge is 0.456 e. The van der Waals surface area contributed by atoms with Crippen LogP contribution in [0, 0.1) is 5.92 Å². The van der Waals surface area contributed by atoms with Gasteiger partial charge in [0.15, 0.2) is 0 Å². The van der Waals surface area contributed by atoms with E-state index in [1.54, 1.807) is 13.0 Å². The maximum absolute atomic E-state index is 13.6. The molecule has 0 radical (unpaired) electrons. The number of fused-ring (bicyclic) bond motifs is 4. The van der Waals surface area contributed by atoms with Crippen LogP contribution in [0.4, 0.5) is 0 Å². The molecule has 3 atom stereocenters. The Morgan fingerprint density at radius 2 is 1.57 bits per heavy atom. The van der Waals surface area contributed by atoms with E-state index in [4.69, 9.17) is 9.73 Å². The van der Waals surface area contributed by atoms with Gasteiger partial charge in [0.25, 0.3) is 0 Å². The summed E-state index contributed by atoms with van der Waals surface area (Å²) in [6.45, 7) is 5.73. The lowest BCUT2D eigenvalue weighted by atomic mass is 9.84. The van der Waals surface area contributed by atoms with Crippen LogP contribution in [0.5, 0.6) is 0 Å². The molecule has 0 aliphatic carbocycles. The maximum atomic E-state index is 13.6. The van der Waals surface area contributed by atoms with Crippen molar-refractivity contribution in [2.75, 3.05) is 11.5 Å². The van der Waals surface area contributed by atoms with Crippen LogP contribution < -0.4 is 10.6 Å². The number of hydrogen-bond acceptors (Lipinski definition) is 9. The van der Waals surface area contributed by atoms with E-state index >= 15 is 0 Å². The predicted molar refractivity (Wildman–Crippen MR) is 208 cm³/mol. The first-order chi connectivity index (χ1) is 24.7. The molecule has 8 nitrogen and oxygen atoms in total. The first-order valence-corrected chi connectivity index (χ1v) is 20.0. The Morgan fingerprint density at radius 3 is 2.16 bits per heavy atom. The van der Waals surface area contributed by atoms with E-state index in [0.717, 1.165) is 10.8 Å². The zero-order valence-electron chi connectivity index (χ0n) is 28.9. The van der Waals surface area contributed by atoms with E-state index in [2.05, 4.69) is 88.4 Å². The number of nitrogens with one attached hydrogen (secondary N) is 2. The third-order valence-electron chi connectivity index (χ3n) is 8.89. The molecule has 2 N–H and O–H groups in total. The number of cyclic esters (lactones) is 1. The molecule has 0 spiro atoms. The van der Waals surface area contributed by atoms with E-state index in [1.165, 1.54) is 39.8 Å². The van der Waals surface area contributed by atoms with Crippen molar-refractivity contribution >= 4 is 57.7 Å². The summed E-state index contributed by atoms with van der Waals surface area (Å²) in [4.78, 5) is 49.7. The molecule has 0 fully saturated rings. The number of benzene rings is 3. The molecule has 1 aromatic heterocycles. The summed E-state index contributed by atoms with van der Waals surface area (Å²) in [5.41, 5.74) is 3.18. The minimum atomic E-state index is -1.05. The molecule has 4 bridgehead atoms. The van der Waals surface area contributed by atoms with Crippen LogP contribution in [0.3, 0.4) is 0 Å². The molecule has 2 amide bonds. The number of thioether (sulfide) groups is 2. The minimum Gasteiger partial charge on any atom is -0.456 e. The highest BCUT2D eigenvalue weighted by molar-refractivity contribution is 8.14. The molecule has 0 saturated carbocycles. The number of carbonyl (C=O) groups excluding carboxylic acids is 3. The third kappa shape index (κ3) is 8.48. The molecule has 2 aliphatic rings. The molecule has 3 aromatic carbocycles. The van der Waals surface area contributed by atoms with Crippen LogP contribution in [0.25, 0.3) is 0 Å². The van der Waals surface area contributed by atoms with Crippen LogP contribution in [0.1, 0.15) is 61.0 Å². The van der Waals surface area contributed by atoms with E-state index in [1.807, 2.05) is 55.3 Å². The molecular formula is C40H42N4O4S3. The monoisotopic (exact) mass is 738 g/mol. The molecule has 2 aliphatic heterocycles. The molecule has 6 rings (SSSR count). The van der Waals surface area contributed by atoms with E-state index in [9.17, 15) is 14.4 Å². The highest BCUT2D eigenvalue weighted by Gasteiger charge is 2.42. The highest BCUT2D eigenvalue weighted by Crippen LogP contribution is 2.48. The van der Waals surface area contributed by atoms with E-state index in [-0.39, 0.29) is 30.7 Å². The average Bonchev–Trinajstić information content (AvgIpc) is 3.79. The van der Waals surface area contributed by atoms with Crippen LogP contribution in [0.2, 0.25) is 0 Å². The lowest BCUT2D eigenvalue weighted by Gasteiger charge is -2.35. The SMILES string of the molecule is CC(C)C1NC(=O)C2(C)CSC(=N2)c2csc(n2)CNC(=O)CC(/C=C/CCSC(c2ccccc2)(c2ccccc2)c2ccccc2)OC1=O. The van der Waals surface area contributed by atoms with Gasteiger partial charge < -0.3 is 15.4 Å². The first kappa shape index (κ1) is 36.6. The number of esters is 1. The van der Waals surface area contributed by atoms with Gasteiger partial charge in [-0.1, -0.05) is 111 Å². The number of thiazole rings is 1. The van der Waals surface area contributed by atoms with Gasteiger partial charge in [0.05, 0.1) is 17.7 Å². The van der Waals surface area contributed by atoms with Gasteiger partial charge in [-0.05, 0) is 47.8 Å². The van der Waals surface area contributed by atoms with Gasteiger partial charge in [-0.25, -0.2) is 9.78 Å². The van der Waals surface area contributed by atoms with Crippen molar-refractivity contribution in [2.24, 2.45) is 10.9 Å². The summed E-state index contributed by atoms with van der Waals surface area (Å²) in [5.74, 6) is -0.264. The Labute approximate surface area is 312 Å². The standard InChI is InChI=1S/C40H42N4O4S3/c1-27(2)35-37(46)48-31(23-33(45)41-24-34-42-32(25-49-34)36-44-39(3,26-50-36)38(47)43-35)21-13-14-22-51-40(28-15-7-4-8-16-28,29-17-9-5-10-18-29)30-19-11-6-12-20-30/h4-13,15-21,25,27,31,35H,14,22-24,26H2,1-3H3,(H,41,45)(H,43,47)/b21-13+. The number of carbonyl (C=O) groups is 3. The second-order valence-electron chi connectivity index (χ2n) is 13.1. The first-order valence-electron chi connectivity index (χ1n) is 17.1. The van der Waals surface area contributed by atoms with Crippen molar-refractivity contribution in [1.29, 1.82) is 0 Å². The fraction of sp³-hybridized carbons (Fsp3) is 0.325. The molecule has 3 unspecified atom stereocenters. The second-order valence-corrected chi connectivity index (χ2v) is 16.3. The van der Waals surface area contributed by atoms with Crippen molar-refractivity contribution in [3.63, 3.8) is 0 Å². The van der Waals surface area contributed by atoms with Crippen molar-refractivity contribution < 1.29 is 19.1 Å². The zero-order chi connectivity index (χ0) is 35.8. The van der Waals surface area contributed by atoms with Crippen LogP contribution in [0.15, 0.2) is 114 Å². The molecule has 3 heterocycles. The number of hydrogen-bond donors (Lipinski definition) is 2. The lowest BCUT2D eigenvalue weighted by Crippen LogP contribution is -2.53. The molecule has 264 valence electrons. The van der Waals surface area contributed by atoms with Crippen molar-refractivity contribution in [2.45, 2.75) is 62.6 Å². The fourth-order valence-corrected chi connectivity index (χ4v) is 9.52. The van der Waals surface area contributed by atoms with Crippen LogP contribution >= 0.6 is 34.9 Å². The van der Waals surface area contributed by atoms with Gasteiger partial charge in [0.1, 0.15) is 33.4 Å². The van der Waals surface area contributed by atoms with E-state index < -0.39 is 28.4 Å². The van der Waals surface area contributed by atoms with Crippen LogP contribution in [-0.4, -0.2) is 57.0 Å². The summed E-state index contributed by atoms with van der Waals surface area (Å²) in [6.07, 6.45) is 3.55. The van der Waals surface area contributed by atoms with Crippen molar-refractivity contribution in [1.82, 2.24) is 15.6 Å². The summed E-state index contributed by atoms with van der Waals surface area (Å²) in [6, 6.07) is 30.7. The molecule has 51 heavy (non-hydrogen) atoms. The molecule has 0 saturated heterocycles. The lowest BCUT2D eigenvalue weighted by molar-refractivity contribution is -0.153. The van der Waals surface area contributed by atoms with Crippen LogP contribution in [-0.2, 0) is 30.4 Å². The zero-order valence-corrected chi connectivity index (χ0v) is 31.4. The fourth-order valence-electron chi connectivity index (χ4n) is 6.13. The number of rotatable bonds is 9. The van der Waals surface area contributed by atoms with Crippen molar-refractivity contribution in [3.8, 4) is 0 Å². The van der Waals surface area contributed by atoms with Crippen molar-refractivity contribution in [3.05, 3.63) is 136 Å². The number of aliphatic imine (C=N–C) groups is 1. The predicted octanol–water partition coefficient (Wildman–Crippen LogP) is 7.14. The van der Waals surface area contributed by atoms with Gasteiger partial charge in [-0.2, -0.15) is 0 Å². The smallest absolute Gasteiger partial charge is 0.329 e. The van der Waals surface area contributed by atoms with Gasteiger partial charge in [-0.3, -0.25) is 14.6 Å². The average molecular weight is 739 g/mol. The Kier molecular flexibility index (Phi) is 11.8. The normalized spacial score (nSPS) is 21.6. The van der Waals surface area contributed by atoms with Gasteiger partial charge in [0.2, 0.25) is 11.8 Å². The highest BCUT2D eigenvalue weighted by atomic mass is 32.2. The Hall–Kier alpha value is -4.19. The molecular weight excluding hydrogens is 697 g/mol. The summed E-state index contributed by atoms with van der Waals surface area (Å²) in [7, 11) is 0. The second kappa shape index (κ2) is 16.4. The molecule has 4 aromatic rings. The number of amides is 2. The number of aromatic nitrogens is 1. The number of ether oxygens (including phenoxy) is 1. The Morgan fingerprint density at radius 1 is 0.961 bits per heavy atom. The number of nitrogens with zero attached hydrogens (tertiary/aromatic N) is 2. The maximum Gasteiger partial charge on any atom is 0.329 e. The summed E-state index contributed by atoms with van der Waals surface area (Å²) in [5, 5.41) is 9.14. The minimum absolute atomic E-state index is 0.0609. The topological polar surface area (TPSA) is 110 Å². The third-order valence-corrected chi connectivity index (χ3v) is 12.6. The summed E-state index contributed by atoms with van der Waals surface area (Å²) >= 11 is 4.73. The van der Waals surface area contributed by atoms with Gasteiger partial charge in [0, 0.05) is 11.1 Å². The Bertz CT molecular complexity index is 1780. The van der Waals surface area contributed by atoms with E-state index in [0.29, 0.717) is 22.9 Å². The quantitative estimate of drug-likeness (QED) is 0.0814. The number of allylic oxidation sites excluding steroid dienone is 1. The van der Waals surface area contributed by atoms with Gasteiger partial charge >= 0.3 is 5.97 Å². The van der Waals surface area contributed by atoms with Gasteiger partial charge in [-0.15, -0.1) is 34.9 Å². The molecule has 11 heteroatoms. The summed E-state index contributed by atoms with van der Waals surface area (Å²) < 4.78 is 5.52.